The molecule has 0 aliphatic rings. The van der Waals surface area contributed by atoms with Gasteiger partial charge in [-0.05, 0) is 42.0 Å². The zero-order valence-corrected chi connectivity index (χ0v) is 19.6. The van der Waals surface area contributed by atoms with E-state index in [4.69, 9.17) is 4.98 Å². The number of fused-ring (bicyclic) bond motifs is 1. The molecule has 0 saturated heterocycles. The van der Waals surface area contributed by atoms with Crippen molar-refractivity contribution < 1.29 is 4.39 Å². The minimum absolute atomic E-state index is 0.342. The topological polar surface area (TPSA) is 65.4 Å². The first-order valence-corrected chi connectivity index (χ1v) is 11.2. The minimum atomic E-state index is -0.342. The van der Waals surface area contributed by atoms with E-state index in [-0.39, 0.29) is 5.82 Å². The van der Waals surface area contributed by atoms with Gasteiger partial charge in [0, 0.05) is 25.6 Å². The molecule has 0 aliphatic carbocycles. The Balaban J connectivity index is 1.88. The van der Waals surface area contributed by atoms with Crippen LogP contribution in [0.3, 0.4) is 0 Å². The van der Waals surface area contributed by atoms with Crippen LogP contribution in [0.2, 0.25) is 0 Å². The molecule has 2 heterocycles. The Bertz CT molecular complexity index is 1480. The summed E-state index contributed by atoms with van der Waals surface area (Å²) < 4.78 is 15.6. The lowest BCUT2D eigenvalue weighted by molar-refractivity contribution is 0.628. The molecule has 0 bridgehead atoms. The average Bonchev–Trinajstić information content (AvgIpc) is 3.23. The Morgan fingerprint density at radius 3 is 1.94 bits per heavy atom. The largest absolute Gasteiger partial charge is 0.275 e. The van der Waals surface area contributed by atoms with Gasteiger partial charge in [-0.15, -0.1) is 0 Å². The number of aromatic amines is 1. The van der Waals surface area contributed by atoms with Gasteiger partial charge in [0.25, 0.3) is 0 Å². The molecule has 0 fully saturated rings. The fraction of sp³-hybridized carbons (Fsp3) is 0. The van der Waals surface area contributed by atoms with E-state index in [0.29, 0.717) is 28.0 Å². The molecule has 4 nitrogen and oxygen atoms in total. The number of H-pyrrole nitrogens is 1. The first-order valence-electron chi connectivity index (χ1n) is 9.65. The highest BCUT2D eigenvalue weighted by atomic mass is 79.9. The molecular formula is C25H13Br2FN4. The average molecular weight is 548 g/mol. The van der Waals surface area contributed by atoms with Crippen LogP contribution in [0.5, 0.6) is 0 Å². The number of benzene rings is 3. The minimum Gasteiger partial charge on any atom is -0.275 e. The molecule has 1 N–H and O–H groups in total. The summed E-state index contributed by atoms with van der Waals surface area (Å²) in [5, 5.41) is 18.5. The summed E-state index contributed by atoms with van der Waals surface area (Å²) in [6, 6.07) is 23.9. The second-order valence-corrected chi connectivity index (χ2v) is 8.97. The number of rotatable bonds is 3. The van der Waals surface area contributed by atoms with E-state index in [1.54, 1.807) is 12.1 Å². The number of nitrogens with zero attached hydrogens (tertiary/aromatic N) is 3. The quantitative estimate of drug-likeness (QED) is 0.254. The fourth-order valence-corrected chi connectivity index (χ4v) is 4.24. The number of halogens is 3. The van der Waals surface area contributed by atoms with Gasteiger partial charge in [0.05, 0.1) is 22.3 Å². The molecule has 3 aromatic carbocycles. The van der Waals surface area contributed by atoms with E-state index in [0.717, 1.165) is 31.2 Å². The summed E-state index contributed by atoms with van der Waals surface area (Å²) in [5.41, 5.74) is 5.25. The molecule has 0 aliphatic heterocycles. The molecule has 5 rings (SSSR count). The van der Waals surface area contributed by atoms with Crippen LogP contribution in [0.4, 0.5) is 4.39 Å². The van der Waals surface area contributed by atoms with Crippen LogP contribution in [0, 0.1) is 17.1 Å². The monoisotopic (exact) mass is 546 g/mol. The van der Waals surface area contributed by atoms with Gasteiger partial charge >= 0.3 is 0 Å². The summed E-state index contributed by atoms with van der Waals surface area (Å²) in [6.45, 7) is 0. The van der Waals surface area contributed by atoms with Gasteiger partial charge in [-0.25, -0.2) is 9.37 Å². The number of pyridine rings is 1. The van der Waals surface area contributed by atoms with Gasteiger partial charge in [-0.1, -0.05) is 68.3 Å². The number of nitrogens with one attached hydrogen (secondary N) is 1. The number of hydrogen-bond acceptors (Lipinski definition) is 3. The maximum atomic E-state index is 13.7. The van der Waals surface area contributed by atoms with E-state index in [1.807, 2.05) is 48.5 Å². The van der Waals surface area contributed by atoms with Crippen LogP contribution in [-0.4, -0.2) is 15.2 Å². The van der Waals surface area contributed by atoms with Crippen LogP contribution < -0.4 is 0 Å². The predicted molar refractivity (Wildman–Crippen MR) is 130 cm³/mol. The lowest BCUT2D eigenvalue weighted by Gasteiger charge is -2.12. The third kappa shape index (κ3) is 3.62. The maximum Gasteiger partial charge on any atom is 0.182 e. The van der Waals surface area contributed by atoms with E-state index < -0.39 is 0 Å². The molecular weight excluding hydrogens is 535 g/mol. The van der Waals surface area contributed by atoms with Crippen molar-refractivity contribution in [3.05, 3.63) is 93.1 Å². The summed E-state index contributed by atoms with van der Waals surface area (Å²) >= 11 is 6.90. The summed E-state index contributed by atoms with van der Waals surface area (Å²) in [6.07, 6.45) is 0. The lowest BCUT2D eigenvalue weighted by atomic mass is 9.92. The first kappa shape index (κ1) is 20.6. The Kier molecular flexibility index (Phi) is 5.33. The van der Waals surface area contributed by atoms with Crippen molar-refractivity contribution in [3.8, 4) is 39.7 Å². The van der Waals surface area contributed by atoms with Gasteiger partial charge in [-0.2, -0.15) is 10.4 Å². The molecule has 32 heavy (non-hydrogen) atoms. The number of hydrogen-bond donors (Lipinski definition) is 1. The third-order valence-corrected chi connectivity index (χ3v) is 6.25. The standard InChI is InChI=1S/C25H13Br2FN4/c26-17-7-1-15(2-8-17)23-20(13-29)21(14-5-11-19(28)12-6-14)22-24(31-32-25(22)30-23)16-3-9-18(27)10-4-16/h1-12H,(H,30,31,32). The van der Waals surface area contributed by atoms with Gasteiger partial charge in [-0.3, -0.25) is 5.10 Å². The molecule has 5 aromatic rings. The highest BCUT2D eigenvalue weighted by Gasteiger charge is 2.23. The summed E-state index contributed by atoms with van der Waals surface area (Å²) in [7, 11) is 0. The summed E-state index contributed by atoms with van der Waals surface area (Å²) in [4.78, 5) is 4.75. The molecule has 0 radical (unpaired) electrons. The van der Waals surface area contributed by atoms with Crippen molar-refractivity contribution in [2.45, 2.75) is 0 Å². The Morgan fingerprint density at radius 1 is 0.781 bits per heavy atom. The van der Waals surface area contributed by atoms with E-state index in [9.17, 15) is 9.65 Å². The van der Waals surface area contributed by atoms with Crippen LogP contribution in [0.25, 0.3) is 44.7 Å². The van der Waals surface area contributed by atoms with E-state index >= 15 is 0 Å². The smallest absolute Gasteiger partial charge is 0.182 e. The van der Waals surface area contributed by atoms with E-state index in [2.05, 4.69) is 48.1 Å². The molecule has 0 unspecified atom stereocenters. The number of aromatic nitrogens is 3. The molecule has 2 aromatic heterocycles. The fourth-order valence-electron chi connectivity index (χ4n) is 3.71. The van der Waals surface area contributed by atoms with Crippen LogP contribution in [0.15, 0.2) is 81.7 Å². The molecule has 0 saturated carbocycles. The molecule has 0 atom stereocenters. The lowest BCUT2D eigenvalue weighted by Crippen LogP contribution is -1.96. The second-order valence-electron chi connectivity index (χ2n) is 7.14. The van der Waals surface area contributed by atoms with Crippen molar-refractivity contribution >= 4 is 42.9 Å². The van der Waals surface area contributed by atoms with Crippen molar-refractivity contribution in [3.63, 3.8) is 0 Å². The zero-order chi connectivity index (χ0) is 22.2. The van der Waals surface area contributed by atoms with Crippen LogP contribution in [-0.2, 0) is 0 Å². The highest BCUT2D eigenvalue weighted by Crippen LogP contribution is 2.40. The third-order valence-electron chi connectivity index (χ3n) is 5.20. The van der Waals surface area contributed by atoms with Gasteiger partial charge in [0.2, 0.25) is 0 Å². The van der Waals surface area contributed by atoms with Crippen molar-refractivity contribution in [2.75, 3.05) is 0 Å². The molecule has 154 valence electrons. The van der Waals surface area contributed by atoms with E-state index in [1.165, 1.54) is 12.1 Å². The Hall–Kier alpha value is -3.34. The number of nitriles is 1. The van der Waals surface area contributed by atoms with Crippen molar-refractivity contribution in [1.29, 1.82) is 5.26 Å². The highest BCUT2D eigenvalue weighted by molar-refractivity contribution is 9.10. The first-order chi connectivity index (χ1) is 15.5. The summed E-state index contributed by atoms with van der Waals surface area (Å²) in [5.74, 6) is -0.342. The van der Waals surface area contributed by atoms with Crippen molar-refractivity contribution in [2.24, 2.45) is 0 Å². The normalized spacial score (nSPS) is 10.9. The maximum absolute atomic E-state index is 13.7. The molecule has 0 spiro atoms. The molecule has 0 amide bonds. The van der Waals surface area contributed by atoms with Crippen molar-refractivity contribution in [1.82, 2.24) is 15.2 Å². The zero-order valence-electron chi connectivity index (χ0n) is 16.4. The molecule has 7 heteroatoms. The Labute approximate surface area is 200 Å². The SMILES string of the molecule is N#Cc1c(-c2ccc(Br)cc2)nc2n[nH]c(-c3ccc(Br)cc3)c2c1-c1ccc(F)cc1. The van der Waals surface area contributed by atoms with Crippen LogP contribution >= 0.6 is 31.9 Å². The second kappa shape index (κ2) is 8.30. The van der Waals surface area contributed by atoms with Gasteiger partial charge in [0.15, 0.2) is 5.65 Å². The van der Waals surface area contributed by atoms with Gasteiger partial charge < -0.3 is 0 Å². The van der Waals surface area contributed by atoms with Gasteiger partial charge in [0.1, 0.15) is 11.9 Å². The van der Waals surface area contributed by atoms with Crippen LogP contribution in [0.1, 0.15) is 5.56 Å². The predicted octanol–water partition coefficient (Wildman–Crippen LogP) is 7.49. The Morgan fingerprint density at radius 2 is 1.34 bits per heavy atom.